The van der Waals surface area contributed by atoms with E-state index < -0.39 is 132 Å². The molecule has 1 nitrogen and oxygen atoms in total. The van der Waals surface area contributed by atoms with Crippen LogP contribution in [0.15, 0.2) is 0 Å². The largest absolute Gasteiger partial charge is 0.453 e. The second-order valence-corrected chi connectivity index (χ2v) is 22.8. The summed E-state index contributed by atoms with van der Waals surface area (Å²) < 4.78 is 239. The van der Waals surface area contributed by atoms with Gasteiger partial charge in [0.25, 0.3) is 23.7 Å². The summed E-state index contributed by atoms with van der Waals surface area (Å²) in [6.45, 7) is -8.27. The van der Waals surface area contributed by atoms with Crippen LogP contribution in [0.1, 0.15) is 57.8 Å². The summed E-state index contributed by atoms with van der Waals surface area (Å²) >= 11 is 23.5. The van der Waals surface area contributed by atoms with Crippen molar-refractivity contribution >= 4 is 58.2 Å². The molecule has 0 N–H and O–H groups in total. The molecule has 0 radical (unpaired) electrons. The molecule has 0 fully saturated rings. The zero-order valence-corrected chi connectivity index (χ0v) is 26.5. The third kappa shape index (κ3) is 16.9. The lowest BCUT2D eigenvalue weighted by molar-refractivity contribution is -0.304. The molecule has 0 aliphatic carbocycles. The van der Waals surface area contributed by atoms with Gasteiger partial charge >= 0.3 is 38.1 Å². The molecule has 0 saturated heterocycles. The van der Waals surface area contributed by atoms with Crippen LogP contribution in [0, 0.1) is 0 Å². The van der Waals surface area contributed by atoms with Crippen LogP contribution < -0.4 is 0 Å². The second-order valence-electron chi connectivity index (χ2n) is 9.97. The minimum Gasteiger partial charge on any atom is -0.410 e. The predicted octanol–water partition coefficient (Wildman–Crippen LogP) is 12.3. The highest BCUT2D eigenvalue weighted by molar-refractivity contribution is 7.50. The monoisotopic (exact) mass is 804 g/mol. The third-order valence-corrected chi connectivity index (χ3v) is 14.7. The smallest absolute Gasteiger partial charge is 0.410 e. The molecule has 0 aromatic rings. The highest BCUT2D eigenvalue weighted by Crippen LogP contribution is 2.48. The topological polar surface area (TPSA) is 9.23 Å². The zero-order chi connectivity index (χ0) is 35.5. The predicted molar refractivity (Wildman–Crippen MR) is 129 cm³/mol. The third-order valence-electron chi connectivity index (χ3n) is 5.39. The SMILES string of the molecule is FC(F)(CCCC[Si](Cl)(Cl)O[Si](Cl)(Cl)CCCC(F)(F)CC(F)(F)CC(F)(F)C(F)(F)F)CC(F)(F)CC(F)(F)C(F)(F)F. The van der Waals surface area contributed by atoms with Crippen molar-refractivity contribution in [2.45, 2.75) is 118 Å². The second kappa shape index (κ2) is 14.8. The number of unbranched alkanes of at least 4 members (excludes halogenated alkanes) is 1. The normalized spacial score (nSPS) is 15.7. The standard InChI is InChI=1S/C19H22Cl4F18OSi2/c20-43(21,6-2-1-4-12(24,25)8-14(28,29)10-16(32,33)18(36,37)38)42-44(22,23)7-3-5-13(26,27)9-15(30,31)11-17(34,35)19(39,40)41/h1-11H2. The first-order valence-electron chi connectivity index (χ1n) is 11.8. The molecule has 266 valence electrons. The van der Waals surface area contributed by atoms with Gasteiger partial charge in [0.15, 0.2) is 0 Å². The van der Waals surface area contributed by atoms with E-state index in [1.54, 1.807) is 0 Å². The Balaban J connectivity index is 4.86. The van der Waals surface area contributed by atoms with E-state index >= 15 is 0 Å². The van der Waals surface area contributed by atoms with Gasteiger partial charge in [0.05, 0.1) is 25.7 Å². The molecule has 0 aromatic carbocycles. The Hall–Kier alpha value is 0.294. The van der Waals surface area contributed by atoms with E-state index in [0.29, 0.717) is 0 Å². The van der Waals surface area contributed by atoms with E-state index in [1.807, 2.05) is 0 Å². The number of hydrogen-bond acceptors (Lipinski definition) is 1. The molecular formula is C19H22Cl4F18OSi2. The summed E-state index contributed by atoms with van der Waals surface area (Å²) in [6.07, 6.45) is -29.6. The zero-order valence-electron chi connectivity index (χ0n) is 21.5. The van der Waals surface area contributed by atoms with E-state index in [1.165, 1.54) is 0 Å². The van der Waals surface area contributed by atoms with E-state index in [4.69, 9.17) is 48.4 Å². The average Bonchev–Trinajstić information content (AvgIpc) is 2.64. The highest BCUT2D eigenvalue weighted by Gasteiger charge is 2.64. The summed E-state index contributed by atoms with van der Waals surface area (Å²) in [6, 6.07) is -1.27. The van der Waals surface area contributed by atoms with Gasteiger partial charge in [-0.05, 0) is 24.9 Å². The van der Waals surface area contributed by atoms with Crippen molar-refractivity contribution in [2.24, 2.45) is 0 Å². The lowest BCUT2D eigenvalue weighted by Gasteiger charge is -2.29. The lowest BCUT2D eigenvalue weighted by atomic mass is 9.99. The van der Waals surface area contributed by atoms with Gasteiger partial charge in [0.1, 0.15) is 0 Å². The maximum absolute atomic E-state index is 13.9. The van der Waals surface area contributed by atoms with Crippen LogP contribution in [-0.2, 0) is 4.12 Å². The molecule has 25 heteroatoms. The Morgan fingerprint density at radius 3 is 1.00 bits per heavy atom. The van der Waals surface area contributed by atoms with Crippen molar-refractivity contribution < 1.29 is 83.1 Å². The van der Waals surface area contributed by atoms with Gasteiger partial charge in [-0.15, -0.1) is 44.3 Å². The number of halogens is 22. The first-order valence-corrected chi connectivity index (χ1v) is 20.1. The van der Waals surface area contributed by atoms with Crippen molar-refractivity contribution in [1.29, 1.82) is 0 Å². The Kier molecular flexibility index (Phi) is 14.9. The summed E-state index contributed by atoms with van der Waals surface area (Å²) in [5.74, 6) is -31.1. The molecule has 0 bridgehead atoms. The number of rotatable bonds is 19. The van der Waals surface area contributed by atoms with E-state index in [2.05, 4.69) is 0 Å². The molecule has 44 heavy (non-hydrogen) atoms. The maximum Gasteiger partial charge on any atom is 0.453 e. The number of hydrogen-bond donors (Lipinski definition) is 0. The quantitative estimate of drug-likeness (QED) is 0.0547. The van der Waals surface area contributed by atoms with Gasteiger partial charge in [-0.25, -0.2) is 35.1 Å². The van der Waals surface area contributed by atoms with Crippen molar-refractivity contribution in [3.8, 4) is 0 Å². The molecule has 0 heterocycles. The molecule has 0 aliphatic rings. The highest BCUT2D eigenvalue weighted by atomic mass is 35.7. The van der Waals surface area contributed by atoms with Crippen molar-refractivity contribution in [1.82, 2.24) is 0 Å². The Morgan fingerprint density at radius 2 is 0.682 bits per heavy atom. The molecule has 0 aliphatic heterocycles. The van der Waals surface area contributed by atoms with E-state index in [0.717, 1.165) is 0 Å². The minimum absolute atomic E-state index is 0.451. The Labute approximate surface area is 258 Å². The Morgan fingerprint density at radius 1 is 0.386 bits per heavy atom. The van der Waals surface area contributed by atoms with E-state index in [-0.39, 0.29) is 0 Å². The van der Waals surface area contributed by atoms with Crippen LogP contribution in [-0.4, -0.2) is 61.8 Å². The van der Waals surface area contributed by atoms with Gasteiger partial charge < -0.3 is 4.12 Å². The summed E-state index contributed by atoms with van der Waals surface area (Å²) in [5, 5.41) is 0. The van der Waals surface area contributed by atoms with Crippen molar-refractivity contribution in [3.63, 3.8) is 0 Å². The fourth-order valence-electron chi connectivity index (χ4n) is 3.50. The van der Waals surface area contributed by atoms with Crippen LogP contribution in [0.4, 0.5) is 79.0 Å². The molecular weight excluding hydrogens is 784 g/mol. The molecule has 0 spiro atoms. The van der Waals surface area contributed by atoms with Crippen molar-refractivity contribution in [2.75, 3.05) is 0 Å². The average molecular weight is 806 g/mol. The molecule has 0 saturated carbocycles. The summed E-state index contributed by atoms with van der Waals surface area (Å²) in [4.78, 5) is 0. The fraction of sp³-hybridized carbons (Fsp3) is 1.00. The van der Waals surface area contributed by atoms with Gasteiger partial charge in [0, 0.05) is 12.8 Å². The van der Waals surface area contributed by atoms with Gasteiger partial charge in [-0.1, -0.05) is 6.42 Å². The van der Waals surface area contributed by atoms with Crippen LogP contribution in [0.5, 0.6) is 0 Å². The Bertz CT molecular complexity index is 912. The van der Waals surface area contributed by atoms with Crippen molar-refractivity contribution in [3.05, 3.63) is 0 Å². The first-order chi connectivity index (χ1) is 18.9. The molecule has 0 rings (SSSR count). The fourth-order valence-corrected chi connectivity index (χ4v) is 15.1. The van der Waals surface area contributed by atoms with Crippen LogP contribution >= 0.6 is 44.3 Å². The van der Waals surface area contributed by atoms with Gasteiger partial charge in [-0.2, -0.15) is 43.9 Å². The van der Waals surface area contributed by atoms with Crippen LogP contribution in [0.3, 0.4) is 0 Å². The first kappa shape index (κ1) is 44.3. The van der Waals surface area contributed by atoms with Gasteiger partial charge in [0.2, 0.25) is 0 Å². The minimum atomic E-state index is -6.42. The summed E-state index contributed by atoms with van der Waals surface area (Å²) in [7, 11) is 0. The van der Waals surface area contributed by atoms with E-state index in [9.17, 15) is 79.0 Å². The van der Waals surface area contributed by atoms with Crippen LogP contribution in [0.25, 0.3) is 0 Å². The molecule has 0 amide bonds. The molecule has 0 aromatic heterocycles. The summed E-state index contributed by atoms with van der Waals surface area (Å²) in [5.41, 5.74) is 0. The molecule has 0 atom stereocenters. The number of alkyl halides is 18. The van der Waals surface area contributed by atoms with Crippen LogP contribution in [0.2, 0.25) is 12.1 Å². The van der Waals surface area contributed by atoms with Gasteiger partial charge in [-0.3, -0.25) is 0 Å². The maximum atomic E-state index is 13.9. The molecule has 0 unspecified atom stereocenters. The lowest BCUT2D eigenvalue weighted by Crippen LogP contribution is -2.43.